The summed E-state index contributed by atoms with van der Waals surface area (Å²) in [5.74, 6) is 5.98. The Kier molecular flexibility index (Phi) is 5.11. The number of hydrogen-bond acceptors (Lipinski definition) is 5. The van der Waals surface area contributed by atoms with Gasteiger partial charge in [0.25, 0.3) is 5.91 Å². The number of nitrogens with one attached hydrogen (secondary N) is 2. The van der Waals surface area contributed by atoms with Gasteiger partial charge in [0.1, 0.15) is 5.75 Å². The smallest absolute Gasteiger partial charge is 0.253 e. The summed E-state index contributed by atoms with van der Waals surface area (Å²) in [7, 11) is 1.63. The Morgan fingerprint density at radius 2 is 2.24 bits per heavy atom. The minimum absolute atomic E-state index is 0.187. The molecule has 4 N–H and O–H groups in total. The van der Waals surface area contributed by atoms with E-state index in [2.05, 4.69) is 15.7 Å². The third-order valence-corrected chi connectivity index (χ3v) is 3.05. The number of methoxy groups -OCH3 is 1. The molecule has 0 fully saturated rings. The topological polar surface area (TPSA) is 89.3 Å². The minimum atomic E-state index is -0.187. The summed E-state index contributed by atoms with van der Waals surface area (Å²) in [5, 5.41) is 2.86. The number of hydrogen-bond donors (Lipinski definition) is 3. The third-order valence-electron chi connectivity index (χ3n) is 3.05. The molecule has 1 aromatic heterocycles. The molecule has 6 nitrogen and oxygen atoms in total. The van der Waals surface area contributed by atoms with E-state index >= 15 is 0 Å². The molecule has 2 aromatic rings. The van der Waals surface area contributed by atoms with E-state index in [0.717, 1.165) is 17.7 Å². The zero-order valence-electron chi connectivity index (χ0n) is 11.8. The third kappa shape index (κ3) is 3.93. The van der Waals surface area contributed by atoms with Crippen LogP contribution in [0, 0.1) is 0 Å². The molecule has 0 bridgehead atoms. The second-order valence-electron chi connectivity index (χ2n) is 4.42. The lowest BCUT2D eigenvalue weighted by atomic mass is 10.1. The number of nitrogens with two attached hydrogens (primary N) is 1. The maximum absolute atomic E-state index is 12.1. The summed E-state index contributed by atoms with van der Waals surface area (Å²) >= 11 is 0. The van der Waals surface area contributed by atoms with E-state index in [1.165, 1.54) is 6.20 Å². The summed E-state index contributed by atoms with van der Waals surface area (Å²) in [6.45, 7) is 0.526. The molecule has 0 spiro atoms. The number of carbonyl (C=O) groups is 1. The molecule has 0 aliphatic carbocycles. The molecule has 0 saturated heterocycles. The Morgan fingerprint density at radius 3 is 3.00 bits per heavy atom. The van der Waals surface area contributed by atoms with Gasteiger partial charge >= 0.3 is 0 Å². The number of ether oxygens (including phenoxy) is 1. The summed E-state index contributed by atoms with van der Waals surface area (Å²) in [5.41, 5.74) is 4.53. The second-order valence-corrected chi connectivity index (χ2v) is 4.42. The maximum atomic E-state index is 12.1. The number of pyridine rings is 1. The van der Waals surface area contributed by atoms with Gasteiger partial charge in [-0.1, -0.05) is 12.1 Å². The number of rotatable bonds is 6. The number of aromatic nitrogens is 1. The van der Waals surface area contributed by atoms with Gasteiger partial charge in [0.15, 0.2) is 0 Å². The van der Waals surface area contributed by atoms with E-state index in [1.807, 2.05) is 24.3 Å². The number of hydrazine groups is 1. The molecule has 21 heavy (non-hydrogen) atoms. The fourth-order valence-electron chi connectivity index (χ4n) is 1.95. The van der Waals surface area contributed by atoms with Crippen LogP contribution in [0.15, 0.2) is 42.7 Å². The SMILES string of the molecule is COc1cccc(CCNC(=O)c2ccncc2NN)c1. The molecule has 0 unspecified atom stereocenters. The molecule has 0 aliphatic rings. The van der Waals surface area contributed by atoms with Gasteiger partial charge in [-0.05, 0) is 30.2 Å². The van der Waals surface area contributed by atoms with Gasteiger partial charge in [0, 0.05) is 12.7 Å². The Hall–Kier alpha value is -2.60. The van der Waals surface area contributed by atoms with Gasteiger partial charge in [0.05, 0.1) is 24.6 Å². The molecule has 6 heteroatoms. The van der Waals surface area contributed by atoms with Crippen molar-refractivity contribution < 1.29 is 9.53 Å². The number of amides is 1. The Bertz CT molecular complexity index is 616. The van der Waals surface area contributed by atoms with Crippen molar-refractivity contribution in [2.45, 2.75) is 6.42 Å². The standard InChI is InChI=1S/C15H18N4O2/c1-21-12-4-2-3-11(9-12)5-8-18-15(20)13-6-7-17-10-14(13)19-16/h2-4,6-7,9-10,19H,5,8,16H2,1H3,(H,18,20). The lowest BCUT2D eigenvalue weighted by molar-refractivity contribution is 0.0955. The molecule has 0 aliphatic heterocycles. The maximum Gasteiger partial charge on any atom is 0.253 e. The first-order valence-corrected chi connectivity index (χ1v) is 6.56. The molecule has 1 aromatic carbocycles. The van der Waals surface area contributed by atoms with Crippen LogP contribution in [0.5, 0.6) is 5.75 Å². The molecule has 0 atom stereocenters. The van der Waals surface area contributed by atoms with Gasteiger partial charge in [-0.15, -0.1) is 0 Å². The quantitative estimate of drug-likeness (QED) is 0.551. The van der Waals surface area contributed by atoms with E-state index in [1.54, 1.807) is 19.4 Å². The fraction of sp³-hybridized carbons (Fsp3) is 0.200. The normalized spacial score (nSPS) is 10.0. The Labute approximate surface area is 123 Å². The summed E-state index contributed by atoms with van der Waals surface area (Å²) < 4.78 is 5.17. The van der Waals surface area contributed by atoms with E-state index in [9.17, 15) is 4.79 Å². The Balaban J connectivity index is 1.92. The summed E-state index contributed by atoms with van der Waals surface area (Å²) in [4.78, 5) is 16.0. The first kappa shape index (κ1) is 14.8. The predicted octanol–water partition coefficient (Wildman–Crippen LogP) is 1.35. The highest BCUT2D eigenvalue weighted by molar-refractivity contribution is 5.99. The summed E-state index contributed by atoms with van der Waals surface area (Å²) in [6.07, 6.45) is 3.79. The van der Waals surface area contributed by atoms with E-state index in [-0.39, 0.29) is 5.91 Å². The zero-order chi connectivity index (χ0) is 15.1. The van der Waals surface area contributed by atoms with Gasteiger partial charge in [0.2, 0.25) is 0 Å². The van der Waals surface area contributed by atoms with Crippen LogP contribution in [0.4, 0.5) is 5.69 Å². The molecule has 110 valence electrons. The van der Waals surface area contributed by atoms with Crippen LogP contribution in [0.3, 0.4) is 0 Å². The monoisotopic (exact) mass is 286 g/mol. The first-order valence-electron chi connectivity index (χ1n) is 6.56. The molecular weight excluding hydrogens is 268 g/mol. The van der Waals surface area contributed by atoms with E-state index in [0.29, 0.717) is 17.8 Å². The molecule has 0 saturated carbocycles. The second kappa shape index (κ2) is 7.25. The van der Waals surface area contributed by atoms with Crippen LogP contribution >= 0.6 is 0 Å². The van der Waals surface area contributed by atoms with Gasteiger partial charge in [-0.2, -0.15) is 0 Å². The number of anilines is 1. The molecule has 0 radical (unpaired) electrons. The van der Waals surface area contributed by atoms with Gasteiger partial charge in [-0.25, -0.2) is 0 Å². The van der Waals surface area contributed by atoms with E-state index < -0.39 is 0 Å². The first-order chi connectivity index (χ1) is 10.2. The van der Waals surface area contributed by atoms with Crippen molar-refractivity contribution in [3.8, 4) is 5.75 Å². The van der Waals surface area contributed by atoms with Crippen molar-refractivity contribution in [1.29, 1.82) is 0 Å². The van der Waals surface area contributed by atoms with Crippen LogP contribution in [0.1, 0.15) is 15.9 Å². The van der Waals surface area contributed by atoms with Gasteiger partial charge in [-0.3, -0.25) is 15.6 Å². The lowest BCUT2D eigenvalue weighted by Crippen LogP contribution is -2.27. The van der Waals surface area contributed by atoms with Crippen LogP contribution in [0.25, 0.3) is 0 Å². The molecular formula is C15H18N4O2. The minimum Gasteiger partial charge on any atom is -0.497 e. The van der Waals surface area contributed by atoms with Crippen LogP contribution in [-0.4, -0.2) is 24.5 Å². The fourth-order valence-corrected chi connectivity index (χ4v) is 1.95. The molecule has 1 heterocycles. The average Bonchev–Trinajstić information content (AvgIpc) is 2.55. The average molecular weight is 286 g/mol. The van der Waals surface area contributed by atoms with Crippen molar-refractivity contribution in [2.75, 3.05) is 19.1 Å². The van der Waals surface area contributed by atoms with Crippen molar-refractivity contribution in [1.82, 2.24) is 10.3 Å². The predicted molar refractivity (Wildman–Crippen MR) is 81.1 cm³/mol. The number of carbonyl (C=O) groups excluding carboxylic acids is 1. The largest absolute Gasteiger partial charge is 0.497 e. The van der Waals surface area contributed by atoms with Crippen LogP contribution in [0.2, 0.25) is 0 Å². The van der Waals surface area contributed by atoms with Crippen molar-refractivity contribution >= 4 is 11.6 Å². The molecule has 1 amide bonds. The van der Waals surface area contributed by atoms with Crippen LogP contribution in [-0.2, 0) is 6.42 Å². The van der Waals surface area contributed by atoms with Crippen molar-refractivity contribution in [2.24, 2.45) is 5.84 Å². The highest BCUT2D eigenvalue weighted by Gasteiger charge is 2.09. The number of nitrogens with zero attached hydrogens (tertiary/aromatic N) is 1. The molecule has 2 rings (SSSR count). The number of benzene rings is 1. The zero-order valence-corrected chi connectivity index (χ0v) is 11.8. The summed E-state index contributed by atoms with van der Waals surface area (Å²) in [6, 6.07) is 9.38. The van der Waals surface area contributed by atoms with Crippen LogP contribution < -0.4 is 21.3 Å². The van der Waals surface area contributed by atoms with Crippen molar-refractivity contribution in [3.05, 3.63) is 53.9 Å². The Morgan fingerprint density at radius 1 is 1.38 bits per heavy atom. The van der Waals surface area contributed by atoms with E-state index in [4.69, 9.17) is 10.6 Å². The number of nitrogen functional groups attached to an aromatic ring is 1. The van der Waals surface area contributed by atoms with Crippen molar-refractivity contribution in [3.63, 3.8) is 0 Å². The highest BCUT2D eigenvalue weighted by Crippen LogP contribution is 2.13. The van der Waals surface area contributed by atoms with Gasteiger partial charge < -0.3 is 15.5 Å². The highest BCUT2D eigenvalue weighted by atomic mass is 16.5. The lowest BCUT2D eigenvalue weighted by Gasteiger charge is -2.09.